The molecule has 2 N–H and O–H groups in total. The van der Waals surface area contributed by atoms with E-state index < -0.39 is 32.5 Å². The molecule has 8 nitrogen and oxygen atoms in total. The van der Waals surface area contributed by atoms with Crippen molar-refractivity contribution < 1.29 is 37.9 Å². The Morgan fingerprint density at radius 1 is 0.596 bits per heavy atom. The highest BCUT2D eigenvalue weighted by Crippen LogP contribution is 2.36. The van der Waals surface area contributed by atoms with Crippen LogP contribution in [-0.4, -0.2) is 41.0 Å². The smallest absolute Gasteiger partial charge is 0.462 e. The lowest BCUT2D eigenvalue weighted by Crippen LogP contribution is -2.29. The summed E-state index contributed by atoms with van der Waals surface area (Å²) < 4.78 is 26.3. The van der Waals surface area contributed by atoms with Gasteiger partial charge in [0.05, 0.1) is 6.61 Å². The van der Waals surface area contributed by atoms with Crippen LogP contribution in [0.15, 0.2) is 24.8 Å². The molecule has 0 spiro atoms. The molecule has 0 aliphatic rings. The molecule has 47 heavy (non-hydrogen) atoms. The van der Waals surface area contributed by atoms with Crippen LogP contribution in [0.5, 0.6) is 0 Å². The maximum Gasteiger partial charge on any atom is 0.469 e. The Balaban J connectivity index is 3.94. The first-order valence-electron chi connectivity index (χ1n) is 19.1. The predicted molar refractivity (Wildman–Crippen MR) is 193 cm³/mol. The first-order chi connectivity index (χ1) is 22.8. The minimum atomic E-state index is -4.75. The van der Waals surface area contributed by atoms with Crippen LogP contribution in [0.4, 0.5) is 0 Å². The molecular formula is C38H71O8P. The second-order valence-corrected chi connectivity index (χ2v) is 14.2. The number of allylic oxidation sites excluding steroid dienone is 3. The zero-order valence-corrected chi connectivity index (χ0v) is 30.9. The SMILES string of the molecule is C=CCCCCCCCCCCCCCCCC(=O)OC[C@H](COP(=O)(O)O)OC(=O)CCCCCCC/C=C/CCCCCCC. The summed E-state index contributed by atoms with van der Waals surface area (Å²) in [4.78, 5) is 42.7. The zero-order valence-electron chi connectivity index (χ0n) is 30.0. The molecule has 0 aromatic carbocycles. The number of unbranched alkanes of at least 4 members (excludes halogenated alkanes) is 23. The van der Waals surface area contributed by atoms with Crippen molar-refractivity contribution in [2.24, 2.45) is 0 Å². The zero-order chi connectivity index (χ0) is 34.7. The topological polar surface area (TPSA) is 119 Å². The Morgan fingerprint density at radius 2 is 1.00 bits per heavy atom. The standard InChI is InChI=1S/C38H71O8P/c1-3-5-7-9-11-13-15-17-19-21-22-24-26-28-30-32-37(39)44-34-36(35-45-47(41,42)43)46-38(40)33-31-29-27-25-23-20-18-16-14-12-10-8-6-4-2/h3,16,18,36H,1,4-15,17,19-35H2,2H3,(H2,41,42,43)/b18-16+/t36-/m1/s1. The van der Waals surface area contributed by atoms with Gasteiger partial charge in [0.2, 0.25) is 0 Å². The Labute approximate surface area is 288 Å². The minimum absolute atomic E-state index is 0.203. The second-order valence-electron chi connectivity index (χ2n) is 13.0. The fraction of sp³-hybridized carbons (Fsp3) is 0.842. The molecule has 0 bridgehead atoms. The predicted octanol–water partition coefficient (Wildman–Crippen LogP) is 11.2. The highest BCUT2D eigenvalue weighted by atomic mass is 31.2. The summed E-state index contributed by atoms with van der Waals surface area (Å²) in [6.07, 6.45) is 36.5. The molecule has 0 fully saturated rings. The van der Waals surface area contributed by atoms with Crippen LogP contribution in [0.1, 0.15) is 187 Å². The summed E-state index contributed by atoms with van der Waals surface area (Å²) in [6, 6.07) is 0. The van der Waals surface area contributed by atoms with E-state index in [1.54, 1.807) is 0 Å². The Kier molecular flexibility index (Phi) is 33.3. The lowest BCUT2D eigenvalue weighted by Gasteiger charge is -2.18. The van der Waals surface area contributed by atoms with Crippen molar-refractivity contribution in [3.05, 3.63) is 24.8 Å². The van der Waals surface area contributed by atoms with Gasteiger partial charge >= 0.3 is 19.8 Å². The van der Waals surface area contributed by atoms with Crippen LogP contribution in [0, 0.1) is 0 Å². The van der Waals surface area contributed by atoms with E-state index in [-0.39, 0.29) is 19.4 Å². The third-order valence-corrected chi connectivity index (χ3v) is 8.82. The van der Waals surface area contributed by atoms with Gasteiger partial charge in [0.25, 0.3) is 0 Å². The van der Waals surface area contributed by atoms with Crippen molar-refractivity contribution in [3.63, 3.8) is 0 Å². The van der Waals surface area contributed by atoms with Gasteiger partial charge in [-0.2, -0.15) is 0 Å². The average molecular weight is 687 g/mol. The van der Waals surface area contributed by atoms with Crippen LogP contribution in [0.3, 0.4) is 0 Å². The van der Waals surface area contributed by atoms with Gasteiger partial charge in [-0.25, -0.2) is 4.57 Å². The number of hydrogen-bond acceptors (Lipinski definition) is 6. The van der Waals surface area contributed by atoms with Crippen LogP contribution in [0.25, 0.3) is 0 Å². The summed E-state index contributed by atoms with van der Waals surface area (Å²) >= 11 is 0. The molecule has 0 aliphatic heterocycles. The quantitative estimate of drug-likeness (QED) is 0.0289. The van der Waals surface area contributed by atoms with Gasteiger partial charge in [0.1, 0.15) is 6.61 Å². The molecule has 0 unspecified atom stereocenters. The molecule has 0 aliphatic carbocycles. The minimum Gasteiger partial charge on any atom is -0.462 e. The summed E-state index contributed by atoms with van der Waals surface area (Å²) in [7, 11) is -4.75. The van der Waals surface area contributed by atoms with Gasteiger partial charge in [-0.15, -0.1) is 6.58 Å². The maximum absolute atomic E-state index is 12.3. The van der Waals surface area contributed by atoms with E-state index in [1.807, 2.05) is 6.08 Å². The number of phosphoric acid groups is 1. The molecule has 0 aromatic rings. The van der Waals surface area contributed by atoms with E-state index in [0.717, 1.165) is 57.8 Å². The normalized spacial score (nSPS) is 12.4. The van der Waals surface area contributed by atoms with Crippen LogP contribution >= 0.6 is 7.82 Å². The summed E-state index contributed by atoms with van der Waals surface area (Å²) in [5.41, 5.74) is 0. The first-order valence-corrected chi connectivity index (χ1v) is 20.6. The van der Waals surface area contributed by atoms with Crippen molar-refractivity contribution in [3.8, 4) is 0 Å². The number of ether oxygens (including phenoxy) is 2. The van der Waals surface area contributed by atoms with E-state index in [0.29, 0.717) is 6.42 Å². The number of hydrogen-bond donors (Lipinski definition) is 2. The molecule has 0 amide bonds. The number of rotatable bonds is 36. The summed E-state index contributed by atoms with van der Waals surface area (Å²) in [5, 5.41) is 0. The van der Waals surface area contributed by atoms with Gasteiger partial charge in [0, 0.05) is 12.8 Å². The fourth-order valence-corrected chi connectivity index (χ4v) is 5.83. The van der Waals surface area contributed by atoms with Crippen molar-refractivity contribution in [2.45, 2.75) is 193 Å². The van der Waals surface area contributed by atoms with Crippen molar-refractivity contribution in [1.29, 1.82) is 0 Å². The van der Waals surface area contributed by atoms with Gasteiger partial charge in [-0.3, -0.25) is 14.1 Å². The molecule has 9 heteroatoms. The van der Waals surface area contributed by atoms with Gasteiger partial charge < -0.3 is 19.3 Å². The molecular weight excluding hydrogens is 615 g/mol. The Morgan fingerprint density at radius 3 is 1.45 bits per heavy atom. The number of phosphoric ester groups is 1. The molecule has 276 valence electrons. The highest BCUT2D eigenvalue weighted by Gasteiger charge is 2.22. The third-order valence-electron chi connectivity index (χ3n) is 8.34. The van der Waals surface area contributed by atoms with E-state index in [4.69, 9.17) is 19.3 Å². The summed E-state index contributed by atoms with van der Waals surface area (Å²) in [6.45, 7) is 5.18. The van der Waals surface area contributed by atoms with Crippen LogP contribution < -0.4 is 0 Å². The number of carbonyl (C=O) groups is 2. The van der Waals surface area contributed by atoms with Crippen LogP contribution in [0.2, 0.25) is 0 Å². The Bertz CT molecular complexity index is 810. The van der Waals surface area contributed by atoms with E-state index in [2.05, 4.69) is 30.2 Å². The van der Waals surface area contributed by atoms with Crippen molar-refractivity contribution in [2.75, 3.05) is 13.2 Å². The first kappa shape index (κ1) is 45.5. The lowest BCUT2D eigenvalue weighted by atomic mass is 10.0. The van der Waals surface area contributed by atoms with Crippen molar-refractivity contribution in [1.82, 2.24) is 0 Å². The largest absolute Gasteiger partial charge is 0.469 e. The Hall–Kier alpha value is -1.47. The van der Waals surface area contributed by atoms with E-state index in [9.17, 15) is 14.2 Å². The van der Waals surface area contributed by atoms with E-state index in [1.165, 1.54) is 103 Å². The molecule has 0 radical (unpaired) electrons. The van der Waals surface area contributed by atoms with Gasteiger partial charge in [-0.1, -0.05) is 141 Å². The molecule has 0 saturated heterocycles. The maximum atomic E-state index is 12.3. The summed E-state index contributed by atoms with van der Waals surface area (Å²) in [5.74, 6) is -0.893. The second kappa shape index (κ2) is 34.4. The molecule has 0 rings (SSSR count). The van der Waals surface area contributed by atoms with Gasteiger partial charge in [0.15, 0.2) is 6.10 Å². The third kappa shape index (κ3) is 37.2. The fourth-order valence-electron chi connectivity index (χ4n) is 5.47. The molecule has 0 heterocycles. The number of carbonyl (C=O) groups excluding carboxylic acids is 2. The van der Waals surface area contributed by atoms with E-state index >= 15 is 0 Å². The van der Waals surface area contributed by atoms with Gasteiger partial charge in [-0.05, 0) is 51.4 Å². The molecule has 0 saturated carbocycles. The molecule has 0 aromatic heterocycles. The lowest BCUT2D eigenvalue weighted by molar-refractivity contribution is -0.161. The number of esters is 2. The average Bonchev–Trinajstić information content (AvgIpc) is 3.03. The monoisotopic (exact) mass is 686 g/mol. The van der Waals surface area contributed by atoms with Crippen molar-refractivity contribution >= 4 is 19.8 Å². The molecule has 1 atom stereocenters. The van der Waals surface area contributed by atoms with Crippen LogP contribution in [-0.2, 0) is 28.2 Å². The highest BCUT2D eigenvalue weighted by molar-refractivity contribution is 7.46.